The van der Waals surface area contributed by atoms with Gasteiger partial charge in [0.05, 0.1) is 19.2 Å². The summed E-state index contributed by atoms with van der Waals surface area (Å²) in [5, 5.41) is 70.2. The highest BCUT2D eigenvalue weighted by atomic mass is 16.5. The number of H-pyrrole nitrogens is 1. The fraction of sp³-hybridized carbons (Fsp3) is 0.472. The number of hydrogen-bond acceptors (Lipinski definition) is 17. The summed E-state index contributed by atoms with van der Waals surface area (Å²) in [5.41, 5.74) is 8.14. The summed E-state index contributed by atoms with van der Waals surface area (Å²) >= 11 is 0. The van der Waals surface area contributed by atoms with E-state index in [0.717, 1.165) is 4.90 Å². The Balaban J connectivity index is 1.41. The Morgan fingerprint density at radius 1 is 0.624 bits per heavy atom. The number of carboxylic acids is 1. The molecular weight excluding hydrogens is 1310 g/mol. The van der Waals surface area contributed by atoms with Crippen molar-refractivity contribution in [3.63, 3.8) is 0 Å². The maximum absolute atomic E-state index is 15.1. The predicted octanol–water partition coefficient (Wildman–Crippen LogP) is 1.98. The molecule has 0 saturated carbocycles. The van der Waals surface area contributed by atoms with Gasteiger partial charge in [0, 0.05) is 88.3 Å². The van der Waals surface area contributed by atoms with Crippen molar-refractivity contribution in [2.45, 2.75) is 160 Å². The number of aliphatic hydroxyl groups excluding tert-OH is 1. The molecular formula is C72H95N11O18. The number of nitrogens with two attached hydrogens (primary N) is 1. The number of ether oxygens (including phenoxy) is 1. The minimum atomic E-state index is -1.87. The number of rotatable bonds is 26. The Labute approximate surface area is 585 Å². The number of carbonyl (C=O) groups excluding carboxylic acids is 11. The number of nitrogens with zero attached hydrogens (tertiary/aromatic N) is 2. The minimum Gasteiger partial charge on any atom is -0.508 e. The molecule has 1 aromatic heterocycles. The minimum absolute atomic E-state index is 0.0264. The first kappa shape index (κ1) is 79.6. The molecule has 29 nitrogen and oxygen atoms in total. The fourth-order valence-electron chi connectivity index (χ4n) is 11.7. The maximum atomic E-state index is 15.1. The topological polar surface area (TPSA) is 448 Å². The van der Waals surface area contributed by atoms with Crippen molar-refractivity contribution < 1.29 is 87.8 Å². The first-order valence-corrected chi connectivity index (χ1v) is 34.0. The van der Waals surface area contributed by atoms with Crippen LogP contribution in [0, 0.1) is 11.8 Å². The number of aliphatic hydroxyl groups is 1. The van der Waals surface area contributed by atoms with Gasteiger partial charge >= 0.3 is 5.97 Å². The molecule has 0 radical (unpaired) electrons. The zero-order valence-corrected chi connectivity index (χ0v) is 57.4. The van der Waals surface area contributed by atoms with Gasteiger partial charge in [0.1, 0.15) is 60.1 Å². The number of aliphatic carboxylic acids is 1. The molecule has 1 aliphatic heterocycles. The molecule has 4 aromatic carbocycles. The molecule has 546 valence electrons. The van der Waals surface area contributed by atoms with Crippen LogP contribution in [0.15, 0.2) is 103 Å². The number of phenols is 3. The Morgan fingerprint density at radius 2 is 1.14 bits per heavy atom. The standard InChI is InChI=1S/C72H95N11O18/c1-5-32-101-42-65(92)75-56(34-45-15-21-50(86)22-16-45)62(89)38-48-12-8-9-29-82(44(4)85)30-10-11-31-83(40-64(91)76-60(72(99)100)36-47-19-25-52(88)26-20-47)71(98)59(33-43(2)3)80-68(95)57(35-46-17-23-51(87)24-18-46)79-67(94)55(27-28-63(73)90)77-70(97)61(41-84)81-69(96)58(78-66(48)93)37-49-39-74-54-14-7-6-13-53(49)54/h6-7,13-26,39,43,48,55-61,74,84,86-88H,5,8-12,27-38,40-42H2,1-4H3,(H2,73,90)(H,75,92)(H,76,91)(H,77,97)(H,78,93)(H,79,94)(H,80,95)(H,81,96)(H,99,100)/t48-,55+,56+,57?,58+,59+,60+,61?/m1/s1. The van der Waals surface area contributed by atoms with Crippen molar-refractivity contribution >= 4 is 81.7 Å². The van der Waals surface area contributed by atoms with Gasteiger partial charge in [-0.15, -0.1) is 0 Å². The van der Waals surface area contributed by atoms with Crippen LogP contribution in [0.5, 0.6) is 17.2 Å². The zero-order valence-electron chi connectivity index (χ0n) is 57.4. The largest absolute Gasteiger partial charge is 0.508 e. The number of carbonyl (C=O) groups is 12. The highest BCUT2D eigenvalue weighted by Crippen LogP contribution is 2.24. The lowest BCUT2D eigenvalue weighted by Gasteiger charge is -2.31. The molecule has 0 spiro atoms. The van der Waals surface area contributed by atoms with E-state index in [9.17, 15) is 73.5 Å². The van der Waals surface area contributed by atoms with Gasteiger partial charge in [0.2, 0.25) is 59.1 Å². The highest BCUT2D eigenvalue weighted by Gasteiger charge is 2.37. The normalized spacial score (nSPS) is 19.7. The first-order valence-electron chi connectivity index (χ1n) is 34.0. The van der Waals surface area contributed by atoms with Crippen LogP contribution in [-0.4, -0.2) is 199 Å². The second-order valence-electron chi connectivity index (χ2n) is 25.8. The van der Waals surface area contributed by atoms with Gasteiger partial charge in [-0.3, -0.25) is 52.7 Å². The summed E-state index contributed by atoms with van der Waals surface area (Å²) in [6, 6.07) is 13.4. The third kappa shape index (κ3) is 26.3. The van der Waals surface area contributed by atoms with Gasteiger partial charge in [-0.05, 0) is 122 Å². The van der Waals surface area contributed by atoms with Crippen LogP contribution < -0.4 is 43.0 Å². The lowest BCUT2D eigenvalue weighted by molar-refractivity contribution is -0.143. The van der Waals surface area contributed by atoms with Gasteiger partial charge in [0.15, 0.2) is 5.78 Å². The first-order chi connectivity index (χ1) is 48.2. The molecule has 5 aromatic rings. The molecule has 0 aliphatic carbocycles. The number of hydrogen-bond donors (Lipinski definition) is 14. The molecule has 1 fully saturated rings. The van der Waals surface area contributed by atoms with E-state index in [1.54, 1.807) is 56.4 Å². The van der Waals surface area contributed by atoms with Crippen LogP contribution >= 0.6 is 0 Å². The van der Waals surface area contributed by atoms with Gasteiger partial charge < -0.3 is 88.0 Å². The molecule has 0 bridgehead atoms. The third-order valence-corrected chi connectivity index (χ3v) is 17.1. The summed E-state index contributed by atoms with van der Waals surface area (Å²) < 4.78 is 5.47. The van der Waals surface area contributed by atoms with Crippen molar-refractivity contribution in [1.29, 1.82) is 0 Å². The van der Waals surface area contributed by atoms with Crippen LogP contribution in [0.2, 0.25) is 0 Å². The lowest BCUT2D eigenvalue weighted by atomic mass is 9.90. The van der Waals surface area contributed by atoms with Gasteiger partial charge in [-0.2, -0.15) is 0 Å². The summed E-state index contributed by atoms with van der Waals surface area (Å²) in [7, 11) is 0. The number of amides is 10. The Morgan fingerprint density at radius 3 is 1.72 bits per heavy atom. The number of aromatic hydroxyl groups is 3. The molecule has 29 heteroatoms. The predicted molar refractivity (Wildman–Crippen MR) is 370 cm³/mol. The molecule has 15 N–H and O–H groups in total. The van der Waals surface area contributed by atoms with Crippen molar-refractivity contribution in [2.75, 3.05) is 46.0 Å². The van der Waals surface area contributed by atoms with Crippen LogP contribution in [-0.2, 0) is 88.0 Å². The van der Waals surface area contributed by atoms with E-state index in [-0.39, 0.29) is 126 Å². The van der Waals surface area contributed by atoms with E-state index in [0.29, 0.717) is 39.6 Å². The molecule has 2 unspecified atom stereocenters. The molecule has 10 amide bonds. The number of ketones is 1. The van der Waals surface area contributed by atoms with E-state index >= 15 is 9.59 Å². The number of nitrogens with one attached hydrogen (secondary N) is 8. The van der Waals surface area contributed by atoms with Crippen LogP contribution in [0.3, 0.4) is 0 Å². The third-order valence-electron chi connectivity index (χ3n) is 17.1. The molecule has 101 heavy (non-hydrogen) atoms. The van der Waals surface area contributed by atoms with Crippen LogP contribution in [0.4, 0.5) is 0 Å². The Kier molecular flexibility index (Phi) is 31.5. The van der Waals surface area contributed by atoms with Crippen LogP contribution in [0.25, 0.3) is 10.9 Å². The fourth-order valence-corrected chi connectivity index (χ4v) is 11.7. The summed E-state index contributed by atoms with van der Waals surface area (Å²) in [6.07, 6.45) is 0.640. The quantitative estimate of drug-likeness (QED) is 0.0352. The number of primary amides is 1. The van der Waals surface area contributed by atoms with E-state index in [2.05, 4.69) is 42.2 Å². The number of Topliss-reactive ketones (excluding diaryl/α,β-unsaturated/α-hetero) is 1. The van der Waals surface area contributed by atoms with Crippen molar-refractivity contribution in [3.05, 3.63) is 126 Å². The smallest absolute Gasteiger partial charge is 0.326 e. The van der Waals surface area contributed by atoms with Gasteiger partial charge in [-0.1, -0.05) is 81.8 Å². The van der Waals surface area contributed by atoms with Gasteiger partial charge in [-0.25, -0.2) is 4.79 Å². The summed E-state index contributed by atoms with van der Waals surface area (Å²) in [5.74, 6) is -12.4. The number of aromatic amines is 1. The molecule has 1 aliphatic rings. The summed E-state index contributed by atoms with van der Waals surface area (Å²) in [6.45, 7) is 4.85. The number of para-hydroxylation sites is 1. The Bertz CT molecular complexity index is 3640. The van der Waals surface area contributed by atoms with E-state index in [4.69, 9.17) is 10.5 Å². The Hall–Kier alpha value is -10.4. The average Bonchev–Trinajstić information content (AvgIpc) is 1.74. The van der Waals surface area contributed by atoms with E-state index < -0.39 is 146 Å². The van der Waals surface area contributed by atoms with E-state index in [1.165, 1.54) is 72.5 Å². The second-order valence-corrected chi connectivity index (χ2v) is 25.8. The number of benzene rings is 4. The number of fused-ring (bicyclic) bond motifs is 1. The maximum Gasteiger partial charge on any atom is 0.326 e. The lowest BCUT2D eigenvalue weighted by Crippen LogP contribution is -2.60. The van der Waals surface area contributed by atoms with Crippen LogP contribution in [0.1, 0.15) is 114 Å². The van der Waals surface area contributed by atoms with E-state index in [1.807, 2.05) is 6.92 Å². The highest BCUT2D eigenvalue weighted by molar-refractivity contribution is 5.99. The van der Waals surface area contributed by atoms with Crippen molar-refractivity contribution in [3.8, 4) is 17.2 Å². The molecule has 2 heterocycles. The van der Waals surface area contributed by atoms with Gasteiger partial charge in [0.25, 0.3) is 0 Å². The molecule has 8 atom stereocenters. The molecule has 6 rings (SSSR count). The SMILES string of the molecule is CCCOCC(=O)N[C@@H](Cc1ccc(O)cc1)C(=O)C[C@H]1CCCCN(C(C)=O)CCCCN(CC(=O)N[C@@H](Cc2ccc(O)cc2)C(=O)O)C(=O)[C@H](CC(C)C)NC(=O)C(Cc2ccc(O)cc2)NC(=O)[C@H](CCC(N)=O)NC(=O)C(CO)NC(=O)[C@H](Cc2c[nH]c3ccccc23)NC1=O. The number of aromatic nitrogens is 1. The average molecular weight is 1400 g/mol. The molecule has 1 saturated heterocycles. The number of carboxylic acid groups (broad SMARTS) is 1. The summed E-state index contributed by atoms with van der Waals surface area (Å²) in [4.78, 5) is 176. The monoisotopic (exact) mass is 1400 g/mol. The van der Waals surface area contributed by atoms with Crippen molar-refractivity contribution in [1.82, 2.24) is 52.0 Å². The number of phenolic OH excluding ortho intramolecular Hbond substituents is 3. The second kappa shape index (κ2) is 40.0. The zero-order chi connectivity index (χ0) is 73.7. The van der Waals surface area contributed by atoms with Crippen molar-refractivity contribution in [2.24, 2.45) is 17.6 Å².